The second-order valence-corrected chi connectivity index (χ2v) is 6.66. The van der Waals surface area contributed by atoms with Gasteiger partial charge in [0.1, 0.15) is 0 Å². The standard InChI is InChI=1S/C21H26ClN3O2/c1-3-13-25(14-4-2)21(27)16-9-11-17(12-10-16)24-20(26)15-23-19-8-6-5-7-18(19)22/h5-12,23H,3-4,13-15H2,1-2H3,(H,24,26). The Morgan fingerprint density at radius 1 is 0.963 bits per heavy atom. The Morgan fingerprint density at radius 3 is 2.19 bits per heavy atom. The van der Waals surface area contributed by atoms with E-state index in [-0.39, 0.29) is 18.4 Å². The van der Waals surface area contributed by atoms with E-state index in [2.05, 4.69) is 24.5 Å². The molecule has 0 atom stereocenters. The minimum atomic E-state index is -0.187. The van der Waals surface area contributed by atoms with Gasteiger partial charge < -0.3 is 15.5 Å². The van der Waals surface area contributed by atoms with Crippen molar-refractivity contribution in [2.45, 2.75) is 26.7 Å². The highest BCUT2D eigenvalue weighted by Gasteiger charge is 2.14. The van der Waals surface area contributed by atoms with Crippen molar-refractivity contribution in [3.8, 4) is 0 Å². The molecule has 2 rings (SSSR count). The molecule has 2 N–H and O–H groups in total. The molecule has 0 radical (unpaired) electrons. The van der Waals surface area contributed by atoms with Crippen LogP contribution in [0.2, 0.25) is 5.02 Å². The van der Waals surface area contributed by atoms with Gasteiger partial charge in [0.05, 0.1) is 17.3 Å². The van der Waals surface area contributed by atoms with Crippen molar-refractivity contribution in [2.75, 3.05) is 30.3 Å². The molecular weight excluding hydrogens is 362 g/mol. The lowest BCUT2D eigenvalue weighted by Crippen LogP contribution is -2.32. The van der Waals surface area contributed by atoms with Crippen LogP contribution < -0.4 is 10.6 Å². The molecule has 5 nitrogen and oxygen atoms in total. The summed E-state index contributed by atoms with van der Waals surface area (Å²) in [5.41, 5.74) is 1.99. The van der Waals surface area contributed by atoms with Gasteiger partial charge in [0.2, 0.25) is 5.91 Å². The molecule has 2 aromatic rings. The average molecular weight is 388 g/mol. The Hall–Kier alpha value is -2.53. The molecule has 0 fully saturated rings. The molecule has 0 unspecified atom stereocenters. The van der Waals surface area contributed by atoms with Crippen LogP contribution in [0.5, 0.6) is 0 Å². The van der Waals surface area contributed by atoms with E-state index < -0.39 is 0 Å². The summed E-state index contributed by atoms with van der Waals surface area (Å²) in [6, 6.07) is 14.2. The number of amides is 2. The van der Waals surface area contributed by atoms with E-state index in [1.54, 1.807) is 30.3 Å². The van der Waals surface area contributed by atoms with Crippen LogP contribution in [-0.2, 0) is 4.79 Å². The number of halogens is 1. The molecule has 27 heavy (non-hydrogen) atoms. The van der Waals surface area contributed by atoms with Crippen molar-refractivity contribution in [3.63, 3.8) is 0 Å². The predicted molar refractivity (Wildman–Crippen MR) is 111 cm³/mol. The average Bonchev–Trinajstić information content (AvgIpc) is 2.67. The minimum Gasteiger partial charge on any atom is -0.375 e. The fraction of sp³-hybridized carbons (Fsp3) is 0.333. The summed E-state index contributed by atoms with van der Waals surface area (Å²) in [6.07, 6.45) is 1.86. The molecule has 0 saturated heterocycles. The third-order valence-electron chi connectivity index (χ3n) is 4.00. The lowest BCUT2D eigenvalue weighted by molar-refractivity contribution is -0.114. The Morgan fingerprint density at radius 2 is 1.59 bits per heavy atom. The topological polar surface area (TPSA) is 61.4 Å². The van der Waals surface area contributed by atoms with Gasteiger partial charge in [-0.1, -0.05) is 37.6 Å². The highest BCUT2D eigenvalue weighted by atomic mass is 35.5. The van der Waals surface area contributed by atoms with Crippen molar-refractivity contribution < 1.29 is 9.59 Å². The lowest BCUT2D eigenvalue weighted by Gasteiger charge is -2.21. The van der Waals surface area contributed by atoms with Gasteiger partial charge in [-0.2, -0.15) is 0 Å². The lowest BCUT2D eigenvalue weighted by atomic mass is 10.1. The number of hydrogen-bond donors (Lipinski definition) is 2. The maximum atomic E-state index is 12.6. The molecule has 0 spiro atoms. The van der Waals surface area contributed by atoms with Crippen molar-refractivity contribution in [1.82, 2.24) is 4.90 Å². The number of carbonyl (C=O) groups excluding carboxylic acids is 2. The highest BCUT2D eigenvalue weighted by molar-refractivity contribution is 6.33. The Kier molecular flexibility index (Phi) is 8.14. The van der Waals surface area contributed by atoms with E-state index in [1.165, 1.54) is 0 Å². The number of hydrogen-bond acceptors (Lipinski definition) is 3. The van der Waals surface area contributed by atoms with Gasteiger partial charge >= 0.3 is 0 Å². The first-order valence-corrected chi connectivity index (χ1v) is 9.60. The molecular formula is C21H26ClN3O2. The van der Waals surface area contributed by atoms with Crippen molar-refractivity contribution in [2.24, 2.45) is 0 Å². The van der Waals surface area contributed by atoms with Crippen LogP contribution in [0.15, 0.2) is 48.5 Å². The fourth-order valence-electron chi connectivity index (χ4n) is 2.72. The first-order chi connectivity index (χ1) is 13.0. The third-order valence-corrected chi connectivity index (χ3v) is 4.33. The van der Waals surface area contributed by atoms with Crippen LogP contribution >= 0.6 is 11.6 Å². The molecule has 0 aromatic heterocycles. The molecule has 2 amide bonds. The molecule has 0 aliphatic carbocycles. The zero-order valence-corrected chi connectivity index (χ0v) is 16.6. The second-order valence-electron chi connectivity index (χ2n) is 6.25. The van der Waals surface area contributed by atoms with Gasteiger partial charge in [0, 0.05) is 24.3 Å². The summed E-state index contributed by atoms with van der Waals surface area (Å²) in [7, 11) is 0. The summed E-state index contributed by atoms with van der Waals surface area (Å²) in [4.78, 5) is 26.5. The van der Waals surface area contributed by atoms with Crippen LogP contribution in [0.1, 0.15) is 37.0 Å². The van der Waals surface area contributed by atoms with Gasteiger partial charge in [-0.15, -0.1) is 0 Å². The van der Waals surface area contributed by atoms with Gasteiger partial charge in [-0.25, -0.2) is 0 Å². The van der Waals surface area contributed by atoms with Crippen molar-refractivity contribution >= 4 is 34.8 Å². The highest BCUT2D eigenvalue weighted by Crippen LogP contribution is 2.20. The summed E-state index contributed by atoms with van der Waals surface area (Å²) in [5, 5.41) is 6.38. The van der Waals surface area contributed by atoms with Gasteiger partial charge in [-0.05, 0) is 49.2 Å². The van der Waals surface area contributed by atoms with E-state index in [0.717, 1.165) is 25.9 Å². The van der Waals surface area contributed by atoms with Crippen LogP contribution in [0.4, 0.5) is 11.4 Å². The molecule has 0 aliphatic heterocycles. The summed E-state index contributed by atoms with van der Waals surface area (Å²) in [5.74, 6) is -0.162. The fourth-order valence-corrected chi connectivity index (χ4v) is 2.92. The van der Waals surface area contributed by atoms with Crippen molar-refractivity contribution in [1.29, 1.82) is 0 Å². The third kappa shape index (κ3) is 6.29. The maximum Gasteiger partial charge on any atom is 0.253 e. The van der Waals surface area contributed by atoms with Gasteiger partial charge in [-0.3, -0.25) is 9.59 Å². The molecule has 2 aromatic carbocycles. The molecule has 0 bridgehead atoms. The number of rotatable bonds is 9. The first-order valence-electron chi connectivity index (χ1n) is 9.22. The molecule has 6 heteroatoms. The minimum absolute atomic E-state index is 0.0250. The first kappa shape index (κ1) is 20.8. The monoisotopic (exact) mass is 387 g/mol. The summed E-state index contributed by atoms with van der Waals surface area (Å²) in [6.45, 7) is 5.72. The predicted octanol–water partition coefficient (Wildman–Crippen LogP) is 4.65. The van der Waals surface area contributed by atoms with E-state index in [1.807, 2.05) is 23.1 Å². The van der Waals surface area contributed by atoms with E-state index in [0.29, 0.717) is 22.0 Å². The number of benzene rings is 2. The van der Waals surface area contributed by atoms with Crippen molar-refractivity contribution in [3.05, 3.63) is 59.1 Å². The zero-order valence-electron chi connectivity index (χ0n) is 15.8. The number of nitrogens with zero attached hydrogens (tertiary/aromatic N) is 1. The number of carbonyl (C=O) groups is 2. The Labute approximate surface area is 165 Å². The van der Waals surface area contributed by atoms with Crippen LogP contribution in [0.3, 0.4) is 0 Å². The number of nitrogens with one attached hydrogen (secondary N) is 2. The SMILES string of the molecule is CCCN(CCC)C(=O)c1ccc(NC(=O)CNc2ccccc2Cl)cc1. The Bertz CT molecular complexity index is 756. The summed E-state index contributed by atoms with van der Waals surface area (Å²) >= 11 is 6.06. The molecule has 144 valence electrons. The summed E-state index contributed by atoms with van der Waals surface area (Å²) < 4.78 is 0. The molecule has 0 heterocycles. The van der Waals surface area contributed by atoms with E-state index in [4.69, 9.17) is 11.6 Å². The molecule has 0 aliphatic rings. The zero-order chi connectivity index (χ0) is 19.6. The second kappa shape index (κ2) is 10.6. The normalized spacial score (nSPS) is 10.3. The number of anilines is 2. The van der Waals surface area contributed by atoms with E-state index in [9.17, 15) is 9.59 Å². The van der Waals surface area contributed by atoms with Gasteiger partial charge in [0.25, 0.3) is 5.91 Å². The molecule has 0 saturated carbocycles. The smallest absolute Gasteiger partial charge is 0.253 e. The van der Waals surface area contributed by atoms with Crippen LogP contribution in [-0.4, -0.2) is 36.3 Å². The van der Waals surface area contributed by atoms with Crippen LogP contribution in [0.25, 0.3) is 0 Å². The van der Waals surface area contributed by atoms with Gasteiger partial charge in [0.15, 0.2) is 0 Å². The van der Waals surface area contributed by atoms with E-state index >= 15 is 0 Å². The largest absolute Gasteiger partial charge is 0.375 e. The number of para-hydroxylation sites is 1. The quantitative estimate of drug-likeness (QED) is 0.658. The van der Waals surface area contributed by atoms with Crippen LogP contribution in [0, 0.1) is 0 Å². The maximum absolute atomic E-state index is 12.6. The Balaban J connectivity index is 1.91.